The molecular formula is C18H19N3O3. The van der Waals surface area contributed by atoms with E-state index in [2.05, 4.69) is 10.2 Å². The number of hydrogen-bond acceptors (Lipinski definition) is 5. The molecule has 0 saturated carbocycles. The maximum Gasteiger partial charge on any atom is 0.261 e. The number of piperazine rings is 1. The zero-order chi connectivity index (χ0) is 16.7. The van der Waals surface area contributed by atoms with Crippen LogP contribution in [0, 0.1) is 0 Å². The van der Waals surface area contributed by atoms with E-state index >= 15 is 0 Å². The van der Waals surface area contributed by atoms with Gasteiger partial charge in [-0.1, -0.05) is 12.1 Å². The van der Waals surface area contributed by atoms with Gasteiger partial charge in [0.2, 0.25) is 0 Å². The standard InChI is InChI=1S/C18H19N3O3/c22-11-10-21-17(23)13-3-1-2-12-15(20-8-6-19-7-9-20)5-4-14(16(12)13)18(21)24/h1-5,19,22H,6-11H2. The third-order valence-electron chi connectivity index (χ3n) is 4.75. The van der Waals surface area contributed by atoms with Gasteiger partial charge in [0.15, 0.2) is 0 Å². The van der Waals surface area contributed by atoms with Gasteiger partial charge in [0.25, 0.3) is 11.8 Å². The molecule has 124 valence electrons. The Morgan fingerprint density at radius 3 is 2.42 bits per heavy atom. The second-order valence-corrected chi connectivity index (χ2v) is 6.08. The topological polar surface area (TPSA) is 72.9 Å². The molecule has 6 heteroatoms. The molecule has 2 aliphatic rings. The molecule has 0 spiro atoms. The van der Waals surface area contributed by atoms with Crippen LogP contribution in [0.1, 0.15) is 20.7 Å². The van der Waals surface area contributed by atoms with Gasteiger partial charge in [-0.15, -0.1) is 0 Å². The summed E-state index contributed by atoms with van der Waals surface area (Å²) in [5.74, 6) is -0.658. The van der Waals surface area contributed by atoms with E-state index in [4.69, 9.17) is 5.11 Å². The Hall–Kier alpha value is -2.44. The highest BCUT2D eigenvalue weighted by atomic mass is 16.3. The number of β-amino-alcohol motifs (C(OH)–C–C–N with tert-alkyl or cyclic N) is 1. The van der Waals surface area contributed by atoms with Crippen molar-refractivity contribution in [2.45, 2.75) is 0 Å². The Kier molecular flexibility index (Phi) is 3.70. The Bertz CT molecular complexity index is 805. The average molecular weight is 325 g/mol. The maximum absolute atomic E-state index is 12.7. The number of aliphatic hydroxyl groups is 1. The molecule has 2 aromatic carbocycles. The number of rotatable bonds is 3. The fourth-order valence-corrected chi connectivity index (χ4v) is 3.62. The summed E-state index contributed by atoms with van der Waals surface area (Å²) in [4.78, 5) is 28.7. The SMILES string of the molecule is O=C1c2cccc3c(N4CCNCC4)ccc(c23)C(=O)N1CCO. The average Bonchev–Trinajstić information content (AvgIpc) is 2.63. The van der Waals surface area contributed by atoms with Crippen molar-refractivity contribution in [3.8, 4) is 0 Å². The Morgan fingerprint density at radius 2 is 1.71 bits per heavy atom. The van der Waals surface area contributed by atoms with Crippen LogP contribution in [-0.2, 0) is 0 Å². The quantitative estimate of drug-likeness (QED) is 0.818. The highest BCUT2D eigenvalue weighted by molar-refractivity contribution is 6.26. The van der Waals surface area contributed by atoms with Crippen molar-refractivity contribution in [2.24, 2.45) is 0 Å². The summed E-state index contributed by atoms with van der Waals surface area (Å²) in [6, 6.07) is 9.37. The molecule has 4 rings (SSSR count). The predicted molar refractivity (Wildman–Crippen MR) is 91.5 cm³/mol. The Morgan fingerprint density at radius 1 is 1.00 bits per heavy atom. The van der Waals surface area contributed by atoms with Gasteiger partial charge in [-0.25, -0.2) is 0 Å². The van der Waals surface area contributed by atoms with E-state index in [1.807, 2.05) is 24.3 Å². The minimum Gasteiger partial charge on any atom is -0.395 e. The van der Waals surface area contributed by atoms with E-state index in [-0.39, 0.29) is 25.0 Å². The first-order chi connectivity index (χ1) is 11.7. The maximum atomic E-state index is 12.7. The van der Waals surface area contributed by atoms with E-state index < -0.39 is 0 Å². The highest BCUT2D eigenvalue weighted by Gasteiger charge is 2.33. The van der Waals surface area contributed by atoms with Crippen molar-refractivity contribution < 1.29 is 14.7 Å². The van der Waals surface area contributed by atoms with Crippen molar-refractivity contribution in [1.29, 1.82) is 0 Å². The number of nitrogens with one attached hydrogen (secondary N) is 1. The number of anilines is 1. The normalized spacial score (nSPS) is 17.7. The first kappa shape index (κ1) is 15.1. The fourth-order valence-electron chi connectivity index (χ4n) is 3.62. The minimum absolute atomic E-state index is 0.0209. The van der Waals surface area contributed by atoms with Gasteiger partial charge in [-0.2, -0.15) is 0 Å². The number of imide groups is 1. The molecule has 2 heterocycles. The van der Waals surface area contributed by atoms with E-state index in [1.54, 1.807) is 6.07 Å². The molecule has 1 saturated heterocycles. The largest absolute Gasteiger partial charge is 0.395 e. The van der Waals surface area contributed by atoms with Crippen LogP contribution in [0.3, 0.4) is 0 Å². The molecule has 1 fully saturated rings. The minimum atomic E-state index is -0.329. The van der Waals surface area contributed by atoms with Crippen LogP contribution in [0.25, 0.3) is 10.8 Å². The van der Waals surface area contributed by atoms with E-state index in [9.17, 15) is 9.59 Å². The summed E-state index contributed by atoms with van der Waals surface area (Å²) >= 11 is 0. The van der Waals surface area contributed by atoms with Gasteiger partial charge < -0.3 is 15.3 Å². The van der Waals surface area contributed by atoms with Crippen molar-refractivity contribution in [1.82, 2.24) is 10.2 Å². The zero-order valence-electron chi connectivity index (χ0n) is 13.3. The molecular weight excluding hydrogens is 306 g/mol. The van der Waals surface area contributed by atoms with Crippen LogP contribution >= 0.6 is 0 Å². The predicted octanol–water partition coefficient (Wildman–Crippen LogP) is 0.838. The third kappa shape index (κ3) is 2.18. The van der Waals surface area contributed by atoms with E-state index in [1.165, 1.54) is 0 Å². The van der Waals surface area contributed by atoms with Gasteiger partial charge >= 0.3 is 0 Å². The fraction of sp³-hybridized carbons (Fsp3) is 0.333. The van der Waals surface area contributed by atoms with Crippen LogP contribution < -0.4 is 10.2 Å². The van der Waals surface area contributed by atoms with Crippen LogP contribution in [0.2, 0.25) is 0 Å². The number of carbonyl (C=O) groups is 2. The van der Waals surface area contributed by atoms with Crippen LogP contribution in [0.15, 0.2) is 30.3 Å². The van der Waals surface area contributed by atoms with Crippen LogP contribution in [-0.4, -0.2) is 61.2 Å². The van der Waals surface area contributed by atoms with E-state index in [0.717, 1.165) is 47.5 Å². The molecule has 0 aliphatic carbocycles. The molecule has 6 nitrogen and oxygen atoms in total. The lowest BCUT2D eigenvalue weighted by atomic mass is 9.92. The molecule has 0 bridgehead atoms. The zero-order valence-corrected chi connectivity index (χ0v) is 13.3. The smallest absolute Gasteiger partial charge is 0.261 e. The second-order valence-electron chi connectivity index (χ2n) is 6.08. The number of carbonyl (C=O) groups excluding carboxylic acids is 2. The van der Waals surface area contributed by atoms with Crippen LogP contribution in [0.4, 0.5) is 5.69 Å². The van der Waals surface area contributed by atoms with Gasteiger partial charge in [-0.3, -0.25) is 14.5 Å². The Balaban J connectivity index is 1.90. The van der Waals surface area contributed by atoms with E-state index in [0.29, 0.717) is 11.1 Å². The van der Waals surface area contributed by atoms with Crippen LogP contribution in [0.5, 0.6) is 0 Å². The van der Waals surface area contributed by atoms with Gasteiger partial charge in [0, 0.05) is 53.8 Å². The number of amides is 2. The summed E-state index contributed by atoms with van der Waals surface area (Å²) in [5, 5.41) is 14.2. The molecule has 0 unspecified atom stereocenters. The number of hydrogen-bond donors (Lipinski definition) is 2. The molecule has 2 aromatic rings. The summed E-state index contributed by atoms with van der Waals surface area (Å²) in [7, 11) is 0. The van der Waals surface area contributed by atoms with Crippen molar-refractivity contribution in [3.05, 3.63) is 41.5 Å². The van der Waals surface area contributed by atoms with Gasteiger partial charge in [0.05, 0.1) is 13.2 Å². The highest BCUT2D eigenvalue weighted by Crippen LogP contribution is 2.35. The summed E-state index contributed by atoms with van der Waals surface area (Å²) in [6.45, 7) is 3.43. The van der Waals surface area contributed by atoms with Crippen molar-refractivity contribution in [3.63, 3.8) is 0 Å². The molecule has 24 heavy (non-hydrogen) atoms. The lowest BCUT2D eigenvalue weighted by molar-refractivity contribution is 0.0580. The lowest BCUT2D eigenvalue weighted by Crippen LogP contribution is -2.44. The number of benzene rings is 2. The van der Waals surface area contributed by atoms with Crippen molar-refractivity contribution in [2.75, 3.05) is 44.2 Å². The molecule has 2 aliphatic heterocycles. The number of nitrogens with zero attached hydrogens (tertiary/aromatic N) is 2. The molecule has 0 radical (unpaired) electrons. The summed E-state index contributed by atoms with van der Waals surface area (Å²) in [5.41, 5.74) is 2.13. The second kappa shape index (κ2) is 5.89. The molecule has 0 aromatic heterocycles. The third-order valence-corrected chi connectivity index (χ3v) is 4.75. The van der Waals surface area contributed by atoms with Gasteiger partial charge in [0.1, 0.15) is 0 Å². The summed E-state index contributed by atoms with van der Waals surface area (Å²) < 4.78 is 0. The van der Waals surface area contributed by atoms with Gasteiger partial charge in [-0.05, 0) is 18.2 Å². The first-order valence-corrected chi connectivity index (χ1v) is 8.21. The lowest BCUT2D eigenvalue weighted by Gasteiger charge is -2.32. The summed E-state index contributed by atoms with van der Waals surface area (Å²) in [6.07, 6.45) is 0. The first-order valence-electron chi connectivity index (χ1n) is 8.21. The van der Waals surface area contributed by atoms with Crippen molar-refractivity contribution >= 4 is 28.3 Å². The number of aliphatic hydroxyl groups excluding tert-OH is 1. The molecule has 2 amide bonds. The Labute approximate surface area is 139 Å². The molecule has 2 N–H and O–H groups in total. The molecule has 0 atom stereocenters. The monoisotopic (exact) mass is 325 g/mol.